The number of halogens is 2. The van der Waals surface area contributed by atoms with Crippen LogP contribution in [0.5, 0.6) is 0 Å². The van der Waals surface area contributed by atoms with Crippen molar-refractivity contribution in [2.45, 2.75) is 0 Å². The summed E-state index contributed by atoms with van der Waals surface area (Å²) < 4.78 is 28.4. The van der Waals surface area contributed by atoms with Crippen LogP contribution < -0.4 is 5.46 Å². The Morgan fingerprint density at radius 3 is 2.67 bits per heavy atom. The largest absolute Gasteiger partial charge is 0.491 e. The van der Waals surface area contributed by atoms with E-state index < -0.39 is 24.2 Å². The molecule has 0 aliphatic rings. The van der Waals surface area contributed by atoms with Crippen molar-refractivity contribution < 1.29 is 18.8 Å². The highest BCUT2D eigenvalue weighted by Crippen LogP contribution is 2.21. The Morgan fingerprint density at radius 2 is 2.00 bits per heavy atom. The molecule has 0 bridgehead atoms. The van der Waals surface area contributed by atoms with Crippen LogP contribution in [0.1, 0.15) is 0 Å². The molecule has 0 spiro atoms. The second kappa shape index (κ2) is 5.36. The van der Waals surface area contributed by atoms with Gasteiger partial charge in [-0.25, -0.2) is 13.5 Å². The van der Waals surface area contributed by atoms with E-state index >= 15 is 0 Å². The van der Waals surface area contributed by atoms with E-state index in [4.69, 9.17) is 10.0 Å². The van der Waals surface area contributed by atoms with E-state index in [1.165, 1.54) is 17.5 Å². The molecule has 2 heterocycles. The second-order valence-electron chi connectivity index (χ2n) is 4.26. The van der Waals surface area contributed by atoms with E-state index in [-0.39, 0.29) is 5.69 Å². The normalized spacial score (nSPS) is 10.9. The van der Waals surface area contributed by atoms with Crippen molar-refractivity contribution in [1.29, 1.82) is 0 Å². The van der Waals surface area contributed by atoms with Crippen LogP contribution in [0.25, 0.3) is 16.9 Å². The summed E-state index contributed by atoms with van der Waals surface area (Å²) >= 11 is 1.48. The first kappa shape index (κ1) is 13.9. The molecular formula is C12H8BF2N3O2S. The van der Waals surface area contributed by atoms with E-state index in [0.717, 1.165) is 16.3 Å². The molecule has 5 nitrogen and oxygen atoms in total. The summed E-state index contributed by atoms with van der Waals surface area (Å²) in [6, 6.07) is 3.40. The van der Waals surface area contributed by atoms with Crippen LogP contribution in [0.2, 0.25) is 0 Å². The quantitative estimate of drug-likeness (QED) is 0.707. The number of hydrogen-bond donors (Lipinski definition) is 2. The highest BCUT2D eigenvalue weighted by molar-refractivity contribution is 7.08. The molecule has 3 rings (SSSR count). The molecule has 21 heavy (non-hydrogen) atoms. The number of aromatic nitrogens is 3. The molecule has 3 aromatic rings. The van der Waals surface area contributed by atoms with Crippen LogP contribution >= 0.6 is 11.3 Å². The third-order valence-corrected chi connectivity index (χ3v) is 3.58. The molecular weight excluding hydrogens is 299 g/mol. The molecule has 2 aromatic heterocycles. The topological polar surface area (TPSA) is 71.2 Å². The Kier molecular flexibility index (Phi) is 3.54. The lowest BCUT2D eigenvalue weighted by Gasteiger charge is -2.07. The highest BCUT2D eigenvalue weighted by Gasteiger charge is 2.21. The summed E-state index contributed by atoms with van der Waals surface area (Å²) in [5.41, 5.74) is 0.815. The third-order valence-electron chi connectivity index (χ3n) is 2.90. The van der Waals surface area contributed by atoms with Gasteiger partial charge in [-0.2, -0.15) is 11.3 Å². The maximum Gasteiger partial charge on any atom is 0.491 e. The third kappa shape index (κ3) is 2.58. The zero-order chi connectivity index (χ0) is 15.0. The van der Waals surface area contributed by atoms with Gasteiger partial charge in [0.15, 0.2) is 5.82 Å². The predicted molar refractivity (Wildman–Crippen MR) is 74.4 cm³/mol. The van der Waals surface area contributed by atoms with Gasteiger partial charge in [0.25, 0.3) is 0 Å². The summed E-state index contributed by atoms with van der Waals surface area (Å²) in [5.74, 6) is -1.91. The average molecular weight is 307 g/mol. The smallest absolute Gasteiger partial charge is 0.423 e. The lowest BCUT2D eigenvalue weighted by atomic mass is 9.79. The van der Waals surface area contributed by atoms with Crippen molar-refractivity contribution >= 4 is 23.9 Å². The monoisotopic (exact) mass is 307 g/mol. The number of rotatable bonds is 3. The summed E-state index contributed by atoms with van der Waals surface area (Å²) in [6.07, 6.45) is 1.48. The van der Waals surface area contributed by atoms with Gasteiger partial charge in [-0.05, 0) is 17.5 Å². The van der Waals surface area contributed by atoms with Crippen LogP contribution in [-0.4, -0.2) is 32.2 Å². The SMILES string of the molecule is OB(O)c1cc(-n2cc(-c3ccsc3)nn2)c(F)cc1F. The van der Waals surface area contributed by atoms with Crippen LogP contribution in [0, 0.1) is 11.6 Å². The van der Waals surface area contributed by atoms with Crippen molar-refractivity contribution in [2.24, 2.45) is 0 Å². The maximum atomic E-state index is 13.8. The second-order valence-corrected chi connectivity index (χ2v) is 5.04. The fourth-order valence-electron chi connectivity index (χ4n) is 1.85. The molecule has 0 unspecified atom stereocenters. The number of benzene rings is 1. The Morgan fingerprint density at radius 1 is 1.19 bits per heavy atom. The molecule has 0 amide bonds. The summed E-state index contributed by atoms with van der Waals surface area (Å²) in [5, 5.41) is 29.6. The standard InChI is InChI=1S/C12H8BF2N3O2S/c14-9-4-10(15)12(3-8(9)13(19)20)18-5-11(16-17-18)7-1-2-21-6-7/h1-6,19-20H. The fourth-order valence-corrected chi connectivity index (χ4v) is 2.50. The first-order valence-electron chi connectivity index (χ1n) is 5.86. The molecule has 9 heteroatoms. The van der Waals surface area contributed by atoms with Crippen molar-refractivity contribution in [3.63, 3.8) is 0 Å². The maximum absolute atomic E-state index is 13.8. The number of nitrogens with zero attached hydrogens (tertiary/aromatic N) is 3. The minimum atomic E-state index is -2.04. The van der Waals surface area contributed by atoms with E-state index in [9.17, 15) is 8.78 Å². The van der Waals surface area contributed by atoms with Gasteiger partial charge >= 0.3 is 7.12 Å². The summed E-state index contributed by atoms with van der Waals surface area (Å²) in [7, 11) is -2.04. The Labute approximate surface area is 122 Å². The van der Waals surface area contributed by atoms with Crippen molar-refractivity contribution in [1.82, 2.24) is 15.0 Å². The molecule has 0 saturated carbocycles. The van der Waals surface area contributed by atoms with Gasteiger partial charge in [-0.15, -0.1) is 5.10 Å². The van der Waals surface area contributed by atoms with E-state index in [0.29, 0.717) is 11.8 Å². The van der Waals surface area contributed by atoms with Crippen LogP contribution in [-0.2, 0) is 0 Å². The zero-order valence-electron chi connectivity index (χ0n) is 10.4. The van der Waals surface area contributed by atoms with Crippen LogP contribution in [0.15, 0.2) is 35.2 Å². The minimum absolute atomic E-state index is 0.117. The van der Waals surface area contributed by atoms with Gasteiger partial charge in [0, 0.05) is 22.5 Å². The molecule has 0 radical (unpaired) electrons. The Balaban J connectivity index is 2.06. The molecule has 0 atom stereocenters. The Bertz CT molecular complexity index is 777. The van der Waals surface area contributed by atoms with Crippen molar-refractivity contribution in [2.75, 3.05) is 0 Å². The van der Waals surface area contributed by atoms with Crippen LogP contribution in [0.3, 0.4) is 0 Å². The predicted octanol–water partition coefficient (Wildman–Crippen LogP) is 0.954. The van der Waals surface area contributed by atoms with E-state index in [1.807, 2.05) is 16.8 Å². The zero-order valence-corrected chi connectivity index (χ0v) is 11.3. The first-order valence-corrected chi connectivity index (χ1v) is 6.81. The van der Waals surface area contributed by atoms with Gasteiger partial charge in [0.05, 0.1) is 6.20 Å². The van der Waals surface area contributed by atoms with Gasteiger partial charge in [0.2, 0.25) is 0 Å². The van der Waals surface area contributed by atoms with Gasteiger partial charge in [-0.3, -0.25) is 0 Å². The first-order chi connectivity index (χ1) is 10.1. The molecule has 1 aromatic carbocycles. The lowest BCUT2D eigenvalue weighted by molar-refractivity contribution is 0.422. The molecule has 2 N–H and O–H groups in total. The van der Waals surface area contributed by atoms with E-state index in [2.05, 4.69) is 10.3 Å². The summed E-state index contributed by atoms with van der Waals surface area (Å²) in [6.45, 7) is 0. The molecule has 106 valence electrons. The average Bonchev–Trinajstić information content (AvgIpc) is 3.09. The highest BCUT2D eigenvalue weighted by atomic mass is 32.1. The Hall–Kier alpha value is -2.10. The minimum Gasteiger partial charge on any atom is -0.423 e. The lowest BCUT2D eigenvalue weighted by Crippen LogP contribution is -2.33. The molecule has 0 saturated heterocycles. The molecule has 0 fully saturated rings. The van der Waals surface area contributed by atoms with Crippen molar-refractivity contribution in [3.8, 4) is 16.9 Å². The molecule has 0 aliphatic heterocycles. The van der Waals surface area contributed by atoms with Gasteiger partial charge in [0.1, 0.15) is 17.2 Å². The van der Waals surface area contributed by atoms with Crippen LogP contribution in [0.4, 0.5) is 8.78 Å². The number of thiophene rings is 1. The number of hydrogen-bond acceptors (Lipinski definition) is 5. The molecule has 0 aliphatic carbocycles. The summed E-state index contributed by atoms with van der Waals surface area (Å²) in [4.78, 5) is 0. The van der Waals surface area contributed by atoms with Gasteiger partial charge in [-0.1, -0.05) is 5.21 Å². The van der Waals surface area contributed by atoms with E-state index in [1.54, 1.807) is 0 Å². The van der Waals surface area contributed by atoms with Gasteiger partial charge < -0.3 is 10.0 Å². The van der Waals surface area contributed by atoms with Crippen molar-refractivity contribution in [3.05, 3.63) is 46.8 Å². The fraction of sp³-hybridized carbons (Fsp3) is 0.